The van der Waals surface area contributed by atoms with E-state index in [1.165, 1.54) is 11.3 Å². The van der Waals surface area contributed by atoms with Crippen molar-refractivity contribution in [3.05, 3.63) is 54.1 Å². The standard InChI is InChI=1S/C24H26N4O4S2/c1-4-33-24-27-26-23(34-24)25-22(30)18-13-14-20(29)28(15-9-11-16(31-2)12-10-15)21(18)17-7-5-6-8-19(17)32-3/h5-12,18,21H,4,13-14H2,1-3H3,(H,25,26,30)/t18-,21+/m0/s1. The lowest BCUT2D eigenvalue weighted by Crippen LogP contribution is -2.47. The number of amides is 2. The van der Waals surface area contributed by atoms with E-state index in [0.29, 0.717) is 28.7 Å². The van der Waals surface area contributed by atoms with Gasteiger partial charge in [-0.2, -0.15) is 0 Å². The quantitative estimate of drug-likeness (QED) is 0.352. The van der Waals surface area contributed by atoms with Crippen molar-refractivity contribution < 1.29 is 19.1 Å². The van der Waals surface area contributed by atoms with Crippen LogP contribution in [0.1, 0.15) is 31.4 Å². The summed E-state index contributed by atoms with van der Waals surface area (Å²) >= 11 is 2.92. The van der Waals surface area contributed by atoms with E-state index in [1.54, 1.807) is 43.0 Å². The van der Waals surface area contributed by atoms with Gasteiger partial charge in [0.15, 0.2) is 4.34 Å². The predicted molar refractivity (Wildman–Crippen MR) is 134 cm³/mol. The molecule has 1 aliphatic heterocycles. The fourth-order valence-electron chi connectivity index (χ4n) is 4.12. The molecule has 1 aromatic heterocycles. The minimum Gasteiger partial charge on any atom is -0.497 e. The number of piperidine rings is 1. The average molecular weight is 499 g/mol. The maximum atomic E-state index is 13.5. The number of thioether (sulfide) groups is 1. The molecule has 2 heterocycles. The Labute approximate surface area is 206 Å². The van der Waals surface area contributed by atoms with Gasteiger partial charge in [-0.15, -0.1) is 10.2 Å². The number of aromatic nitrogens is 2. The Kier molecular flexibility index (Phi) is 7.69. The first-order valence-corrected chi connectivity index (χ1v) is 12.7. The fraction of sp³-hybridized carbons (Fsp3) is 0.333. The van der Waals surface area contributed by atoms with Gasteiger partial charge in [-0.25, -0.2) is 0 Å². The van der Waals surface area contributed by atoms with Gasteiger partial charge in [0.1, 0.15) is 11.5 Å². The molecule has 1 N–H and O–H groups in total. The van der Waals surface area contributed by atoms with Crippen LogP contribution in [0.4, 0.5) is 10.8 Å². The average Bonchev–Trinajstić information content (AvgIpc) is 3.30. The third-order valence-electron chi connectivity index (χ3n) is 5.65. The van der Waals surface area contributed by atoms with E-state index in [1.807, 2.05) is 43.3 Å². The number of anilines is 2. The van der Waals surface area contributed by atoms with Crippen LogP contribution in [0.25, 0.3) is 0 Å². The lowest BCUT2D eigenvalue weighted by molar-refractivity contribution is -0.126. The molecule has 178 valence electrons. The van der Waals surface area contributed by atoms with Crippen molar-refractivity contribution in [2.45, 2.75) is 30.1 Å². The summed E-state index contributed by atoms with van der Waals surface area (Å²) < 4.78 is 11.7. The minimum atomic E-state index is -0.553. The Morgan fingerprint density at radius 2 is 1.91 bits per heavy atom. The molecule has 3 aromatic rings. The van der Waals surface area contributed by atoms with Crippen molar-refractivity contribution in [3.8, 4) is 11.5 Å². The van der Waals surface area contributed by atoms with Crippen LogP contribution in [0.15, 0.2) is 52.9 Å². The molecule has 10 heteroatoms. The number of ether oxygens (including phenoxy) is 2. The van der Waals surface area contributed by atoms with E-state index in [2.05, 4.69) is 15.5 Å². The Bertz CT molecular complexity index is 1150. The summed E-state index contributed by atoms with van der Waals surface area (Å²) in [5.74, 6) is 1.42. The van der Waals surface area contributed by atoms with Crippen molar-refractivity contribution in [2.75, 3.05) is 30.2 Å². The second-order valence-electron chi connectivity index (χ2n) is 7.59. The molecule has 0 radical (unpaired) electrons. The molecule has 0 aliphatic carbocycles. The second-order valence-corrected chi connectivity index (χ2v) is 10.1. The molecule has 1 saturated heterocycles. The summed E-state index contributed by atoms with van der Waals surface area (Å²) in [4.78, 5) is 28.5. The van der Waals surface area contributed by atoms with Gasteiger partial charge in [-0.1, -0.05) is 48.2 Å². The molecule has 0 unspecified atom stereocenters. The molecule has 34 heavy (non-hydrogen) atoms. The number of benzene rings is 2. The van der Waals surface area contributed by atoms with Crippen LogP contribution in [0.2, 0.25) is 0 Å². The summed E-state index contributed by atoms with van der Waals surface area (Å²) in [7, 11) is 3.18. The number of hydrogen-bond acceptors (Lipinski definition) is 8. The highest BCUT2D eigenvalue weighted by atomic mass is 32.2. The molecule has 0 bridgehead atoms. The van der Waals surface area contributed by atoms with Gasteiger partial charge >= 0.3 is 0 Å². The fourth-order valence-corrected chi connectivity index (χ4v) is 5.77. The van der Waals surface area contributed by atoms with E-state index in [9.17, 15) is 9.59 Å². The van der Waals surface area contributed by atoms with E-state index in [4.69, 9.17) is 9.47 Å². The summed E-state index contributed by atoms with van der Waals surface area (Å²) in [5.41, 5.74) is 1.46. The Hall–Kier alpha value is -3.11. The van der Waals surface area contributed by atoms with Crippen LogP contribution in [0, 0.1) is 5.92 Å². The van der Waals surface area contributed by atoms with Gasteiger partial charge < -0.3 is 19.7 Å². The minimum absolute atomic E-state index is 0.0531. The van der Waals surface area contributed by atoms with Gasteiger partial charge in [0.25, 0.3) is 0 Å². The number of para-hydroxylation sites is 1. The summed E-state index contributed by atoms with van der Waals surface area (Å²) in [6.45, 7) is 2.04. The molecule has 4 rings (SSSR count). The maximum Gasteiger partial charge on any atom is 0.231 e. The molecule has 2 amide bonds. The number of hydrogen-bond donors (Lipinski definition) is 1. The normalized spacial score (nSPS) is 18.0. The van der Waals surface area contributed by atoms with E-state index < -0.39 is 12.0 Å². The van der Waals surface area contributed by atoms with Crippen LogP contribution in [0.5, 0.6) is 11.5 Å². The predicted octanol–water partition coefficient (Wildman–Crippen LogP) is 4.79. The Morgan fingerprint density at radius 3 is 2.62 bits per heavy atom. The number of nitrogens with one attached hydrogen (secondary N) is 1. The smallest absolute Gasteiger partial charge is 0.231 e. The molecule has 0 spiro atoms. The molecule has 0 saturated carbocycles. The third kappa shape index (κ3) is 5.02. The molecule has 2 atom stereocenters. The first-order chi connectivity index (χ1) is 16.5. The van der Waals surface area contributed by atoms with Gasteiger partial charge in [0.05, 0.1) is 26.2 Å². The number of methoxy groups -OCH3 is 2. The zero-order chi connectivity index (χ0) is 24.1. The number of carbonyl (C=O) groups excluding carboxylic acids is 2. The van der Waals surface area contributed by atoms with Crippen LogP contribution < -0.4 is 19.7 Å². The van der Waals surface area contributed by atoms with Gasteiger partial charge in [0.2, 0.25) is 16.9 Å². The lowest BCUT2D eigenvalue weighted by atomic mass is 9.82. The van der Waals surface area contributed by atoms with E-state index in [-0.39, 0.29) is 18.2 Å². The third-order valence-corrected chi connectivity index (χ3v) is 7.50. The largest absolute Gasteiger partial charge is 0.497 e. The number of carbonyl (C=O) groups is 2. The summed E-state index contributed by atoms with van der Waals surface area (Å²) in [6.07, 6.45) is 0.665. The molecule has 1 fully saturated rings. The van der Waals surface area contributed by atoms with Gasteiger partial charge in [-0.3, -0.25) is 9.59 Å². The van der Waals surface area contributed by atoms with Crippen LogP contribution in [-0.4, -0.2) is 42.0 Å². The van der Waals surface area contributed by atoms with Crippen molar-refractivity contribution in [1.82, 2.24) is 10.2 Å². The highest BCUT2D eigenvalue weighted by molar-refractivity contribution is 8.01. The molecule has 1 aliphatic rings. The zero-order valence-electron chi connectivity index (χ0n) is 19.2. The monoisotopic (exact) mass is 498 g/mol. The molecular weight excluding hydrogens is 472 g/mol. The highest BCUT2D eigenvalue weighted by Crippen LogP contribution is 2.43. The maximum absolute atomic E-state index is 13.5. The molecule has 8 nitrogen and oxygen atoms in total. The first-order valence-electron chi connectivity index (χ1n) is 10.9. The van der Waals surface area contributed by atoms with Crippen molar-refractivity contribution in [3.63, 3.8) is 0 Å². The zero-order valence-corrected chi connectivity index (χ0v) is 20.8. The SMILES string of the molecule is CCSc1nnc(NC(=O)[C@H]2CCC(=O)N(c3ccc(OC)cc3)[C@@H]2c2ccccc2OC)s1. The van der Waals surface area contributed by atoms with Gasteiger partial charge in [0, 0.05) is 17.7 Å². The second kappa shape index (κ2) is 10.9. The van der Waals surface area contributed by atoms with Crippen LogP contribution in [-0.2, 0) is 9.59 Å². The molecule has 2 aromatic carbocycles. The first kappa shape index (κ1) is 24.0. The van der Waals surface area contributed by atoms with E-state index >= 15 is 0 Å². The highest BCUT2D eigenvalue weighted by Gasteiger charge is 2.43. The molecular formula is C24H26N4O4S2. The van der Waals surface area contributed by atoms with Crippen molar-refractivity contribution in [2.24, 2.45) is 5.92 Å². The summed E-state index contributed by atoms with van der Waals surface area (Å²) in [5, 5.41) is 11.6. The van der Waals surface area contributed by atoms with Crippen molar-refractivity contribution >= 4 is 45.7 Å². The van der Waals surface area contributed by atoms with Crippen LogP contribution >= 0.6 is 23.1 Å². The summed E-state index contributed by atoms with van der Waals surface area (Å²) in [6, 6.07) is 14.2. The van der Waals surface area contributed by atoms with Gasteiger partial charge in [-0.05, 0) is 42.5 Å². The number of rotatable bonds is 8. The lowest BCUT2D eigenvalue weighted by Gasteiger charge is -2.41. The number of nitrogens with zero attached hydrogens (tertiary/aromatic N) is 3. The Balaban J connectivity index is 1.72. The van der Waals surface area contributed by atoms with Crippen molar-refractivity contribution in [1.29, 1.82) is 0 Å². The Morgan fingerprint density at radius 1 is 1.15 bits per heavy atom. The van der Waals surface area contributed by atoms with E-state index in [0.717, 1.165) is 15.7 Å². The van der Waals surface area contributed by atoms with Crippen LogP contribution in [0.3, 0.4) is 0 Å². The topological polar surface area (TPSA) is 93.7 Å².